The Labute approximate surface area is 155 Å². The number of nitrogens with zero attached hydrogens (tertiary/aromatic N) is 1. The third kappa shape index (κ3) is 6.45. The molecule has 0 spiro atoms. The molecule has 0 heterocycles. The van der Waals surface area contributed by atoms with E-state index in [4.69, 9.17) is 14.0 Å². The Morgan fingerprint density at radius 2 is 1.85 bits per heavy atom. The van der Waals surface area contributed by atoms with Crippen LogP contribution in [0, 0.1) is 0 Å². The molecule has 0 aromatic heterocycles. The van der Waals surface area contributed by atoms with Gasteiger partial charge >= 0.3 is 13.5 Å². The molecule has 1 atom stereocenters. The number of carbonyl (C=O) groups excluding carboxylic acids is 1. The number of hydrogen-bond acceptors (Lipinski definition) is 5. The Balaban J connectivity index is 3.16. The second kappa shape index (κ2) is 11.7. The molecule has 0 aliphatic rings. The summed E-state index contributed by atoms with van der Waals surface area (Å²) >= 11 is 0. The van der Waals surface area contributed by atoms with Gasteiger partial charge in [-0.3, -0.25) is 4.57 Å². The molecule has 1 unspecified atom stereocenters. The first-order valence-electron chi connectivity index (χ1n) is 8.62. The number of ether oxygens (including phenoxy) is 2. The van der Waals surface area contributed by atoms with E-state index in [1.54, 1.807) is 48.0 Å². The largest absolute Gasteiger partial charge is 0.494 e. The molecule has 144 valence electrons. The smallest absolute Gasteiger partial charge is 0.332 e. The van der Waals surface area contributed by atoms with Gasteiger partial charge in [0.05, 0.1) is 18.5 Å². The molecule has 26 heavy (non-hydrogen) atoms. The van der Waals surface area contributed by atoms with Crippen LogP contribution in [-0.4, -0.2) is 43.5 Å². The summed E-state index contributed by atoms with van der Waals surface area (Å²) in [5, 5.41) is 0.483. The highest BCUT2D eigenvalue weighted by Gasteiger charge is 2.34. The molecule has 0 bridgehead atoms. The predicted octanol–water partition coefficient (Wildman–Crippen LogP) is 3.55. The van der Waals surface area contributed by atoms with Crippen molar-refractivity contribution in [3.8, 4) is 5.75 Å². The summed E-state index contributed by atoms with van der Waals surface area (Å²) in [5.74, 6) is 0.121. The minimum atomic E-state index is -3.49. The van der Waals surface area contributed by atoms with E-state index in [-0.39, 0.29) is 13.2 Å². The Kier molecular flexibility index (Phi) is 9.96. The van der Waals surface area contributed by atoms with Crippen LogP contribution in [0.3, 0.4) is 0 Å². The zero-order valence-electron chi connectivity index (χ0n) is 15.6. The maximum absolute atomic E-state index is 13.8. The number of carbonyl (C=O) groups is 1. The maximum Gasteiger partial charge on any atom is 0.332 e. The van der Waals surface area contributed by atoms with E-state index in [1.165, 1.54) is 0 Å². The lowest BCUT2D eigenvalue weighted by Crippen LogP contribution is -2.30. The van der Waals surface area contributed by atoms with Crippen molar-refractivity contribution < 1.29 is 23.4 Å². The second-order valence-corrected chi connectivity index (χ2v) is 7.69. The third-order valence-corrected chi connectivity index (χ3v) is 5.98. The van der Waals surface area contributed by atoms with Gasteiger partial charge < -0.3 is 14.0 Å². The van der Waals surface area contributed by atoms with E-state index in [1.807, 2.05) is 6.92 Å². The highest BCUT2D eigenvalue weighted by molar-refractivity contribution is 7.64. The fourth-order valence-electron chi connectivity index (χ4n) is 2.28. The normalized spacial score (nSPS) is 13.0. The molecule has 0 saturated carbocycles. The van der Waals surface area contributed by atoms with Crippen LogP contribution in [0.5, 0.6) is 5.75 Å². The molecular weight excluding hydrogens is 353 g/mol. The molecule has 0 fully saturated rings. The summed E-state index contributed by atoms with van der Waals surface area (Å²) in [6.07, 6.45) is 4.01. The van der Waals surface area contributed by atoms with Crippen molar-refractivity contribution in [2.75, 3.05) is 32.9 Å². The van der Waals surface area contributed by atoms with Crippen LogP contribution in [0.4, 0.5) is 0 Å². The lowest BCUT2D eigenvalue weighted by Gasteiger charge is -2.30. The molecule has 7 heteroatoms. The maximum atomic E-state index is 13.8. The van der Waals surface area contributed by atoms with Crippen molar-refractivity contribution in [3.63, 3.8) is 0 Å². The van der Waals surface area contributed by atoms with Gasteiger partial charge in [-0.1, -0.05) is 12.2 Å². The molecule has 1 aromatic rings. The third-order valence-electron chi connectivity index (χ3n) is 3.44. The fourth-order valence-corrected chi connectivity index (χ4v) is 4.43. The Bertz CT molecular complexity index is 629. The van der Waals surface area contributed by atoms with Crippen molar-refractivity contribution >= 4 is 18.8 Å². The van der Waals surface area contributed by atoms with Crippen molar-refractivity contribution in [2.45, 2.75) is 20.3 Å². The Morgan fingerprint density at radius 3 is 2.38 bits per heavy atom. The molecule has 0 aliphatic carbocycles. The summed E-state index contributed by atoms with van der Waals surface area (Å²) in [6, 6.07) is 6.86. The zero-order chi connectivity index (χ0) is 19.4. The van der Waals surface area contributed by atoms with E-state index in [0.29, 0.717) is 37.2 Å². The first kappa shape index (κ1) is 22.2. The van der Waals surface area contributed by atoms with Gasteiger partial charge in [-0.15, -0.1) is 13.2 Å². The van der Waals surface area contributed by atoms with E-state index in [9.17, 15) is 9.36 Å². The lowest BCUT2D eigenvalue weighted by atomic mass is 10.3. The van der Waals surface area contributed by atoms with Crippen LogP contribution in [0.15, 0.2) is 49.6 Å². The molecule has 1 rings (SSSR count). The van der Waals surface area contributed by atoms with Crippen LogP contribution >= 0.6 is 7.52 Å². The Hall–Kier alpha value is -1.88. The standard InChI is InChI=1S/C19H28NO5P/c1-5-9-15-20(14-6-2)26(22,25-16-19(21)24-8-4)18-12-10-17(11-13-18)23-7-3/h5-6,10-13H,1-2,7-9,14-16H2,3-4H3. The molecule has 0 radical (unpaired) electrons. The molecule has 0 amide bonds. The van der Waals surface area contributed by atoms with E-state index in [0.717, 1.165) is 0 Å². The molecule has 0 aliphatic heterocycles. The summed E-state index contributed by atoms with van der Waals surface area (Å²) < 4.78 is 31.4. The summed E-state index contributed by atoms with van der Waals surface area (Å²) in [7, 11) is -3.49. The lowest BCUT2D eigenvalue weighted by molar-refractivity contribution is -0.145. The van der Waals surface area contributed by atoms with Gasteiger partial charge in [0.1, 0.15) is 5.75 Å². The minimum absolute atomic E-state index is 0.238. The van der Waals surface area contributed by atoms with Gasteiger partial charge in [-0.25, -0.2) is 9.46 Å². The van der Waals surface area contributed by atoms with Crippen molar-refractivity contribution in [3.05, 3.63) is 49.6 Å². The van der Waals surface area contributed by atoms with Crippen LogP contribution in [-0.2, 0) is 18.6 Å². The topological polar surface area (TPSA) is 65.1 Å². The van der Waals surface area contributed by atoms with Crippen molar-refractivity contribution in [1.82, 2.24) is 4.67 Å². The van der Waals surface area contributed by atoms with Crippen LogP contribution in [0.1, 0.15) is 20.3 Å². The van der Waals surface area contributed by atoms with Gasteiger partial charge in [-0.05, 0) is 44.5 Å². The van der Waals surface area contributed by atoms with Gasteiger partial charge in [-0.2, -0.15) is 0 Å². The number of benzene rings is 1. The predicted molar refractivity (Wildman–Crippen MR) is 104 cm³/mol. The van der Waals surface area contributed by atoms with Gasteiger partial charge in [0, 0.05) is 13.1 Å². The number of esters is 1. The molecule has 1 aromatic carbocycles. The average molecular weight is 381 g/mol. The SMILES string of the molecule is C=CCCN(CC=C)P(=O)(OCC(=O)OCC)c1ccc(OCC)cc1. The highest BCUT2D eigenvalue weighted by Crippen LogP contribution is 2.50. The Morgan fingerprint density at radius 1 is 1.15 bits per heavy atom. The zero-order valence-corrected chi connectivity index (χ0v) is 16.5. The first-order valence-corrected chi connectivity index (χ1v) is 10.2. The highest BCUT2D eigenvalue weighted by atomic mass is 31.2. The molecule has 0 N–H and O–H groups in total. The molecule has 6 nitrogen and oxygen atoms in total. The van der Waals surface area contributed by atoms with Crippen LogP contribution in [0.2, 0.25) is 0 Å². The van der Waals surface area contributed by atoms with E-state index < -0.39 is 13.5 Å². The monoisotopic (exact) mass is 381 g/mol. The van der Waals surface area contributed by atoms with Crippen LogP contribution in [0.25, 0.3) is 0 Å². The van der Waals surface area contributed by atoms with Crippen LogP contribution < -0.4 is 10.0 Å². The summed E-state index contributed by atoms with van der Waals surface area (Å²) in [4.78, 5) is 11.7. The summed E-state index contributed by atoms with van der Waals surface area (Å²) in [6.45, 7) is 12.2. The second-order valence-electron chi connectivity index (χ2n) is 5.30. The first-order chi connectivity index (χ1) is 12.5. The van der Waals surface area contributed by atoms with Gasteiger partial charge in [0.15, 0.2) is 6.61 Å². The number of rotatable bonds is 13. The fraction of sp³-hybridized carbons (Fsp3) is 0.421. The van der Waals surface area contributed by atoms with Gasteiger partial charge in [0.25, 0.3) is 0 Å². The van der Waals surface area contributed by atoms with Crippen molar-refractivity contribution in [1.29, 1.82) is 0 Å². The van der Waals surface area contributed by atoms with Gasteiger partial charge in [0.2, 0.25) is 0 Å². The minimum Gasteiger partial charge on any atom is -0.494 e. The number of hydrogen-bond donors (Lipinski definition) is 0. The molecular formula is C19H28NO5P. The van der Waals surface area contributed by atoms with E-state index >= 15 is 0 Å². The van der Waals surface area contributed by atoms with E-state index in [2.05, 4.69) is 13.2 Å². The van der Waals surface area contributed by atoms with Crippen molar-refractivity contribution in [2.24, 2.45) is 0 Å². The summed E-state index contributed by atoms with van der Waals surface area (Å²) in [5.41, 5.74) is 0. The quantitative estimate of drug-likeness (QED) is 0.296. The molecule has 0 saturated heterocycles. The average Bonchev–Trinajstić information content (AvgIpc) is 2.64.